The van der Waals surface area contributed by atoms with Crippen LogP contribution in [0.25, 0.3) is 17.1 Å². The summed E-state index contributed by atoms with van der Waals surface area (Å²) in [5.41, 5.74) is 2.34. The van der Waals surface area contributed by atoms with Crippen molar-refractivity contribution >= 4 is 5.71 Å². The number of ether oxygens (including phenoxy) is 1. The average molecular weight is 443 g/mol. The standard InChI is InChI=1S/C22H20F3N5O2/c23-17-11-16(12-18(24)20(17)25)30-22(19-4-7-32-28-19)26-21(27-30)15-3-1-2-14(10-15)13-29-5-8-31-9-6-29/h1-3,10-12H,4-9,13H2. The maximum atomic E-state index is 13.9. The number of rotatable bonds is 5. The highest BCUT2D eigenvalue weighted by molar-refractivity contribution is 5.98. The van der Waals surface area contributed by atoms with Crippen molar-refractivity contribution < 1.29 is 22.7 Å². The number of morpholine rings is 1. The molecule has 32 heavy (non-hydrogen) atoms. The van der Waals surface area contributed by atoms with Gasteiger partial charge in [0.05, 0.1) is 18.9 Å². The Labute approximate surface area is 182 Å². The normalized spacial score (nSPS) is 16.8. The fraction of sp³-hybridized carbons (Fsp3) is 0.318. The molecular weight excluding hydrogens is 423 g/mol. The van der Waals surface area contributed by atoms with Crippen molar-refractivity contribution in [3.05, 3.63) is 65.2 Å². The molecule has 0 amide bonds. The van der Waals surface area contributed by atoms with E-state index in [0.717, 1.165) is 42.9 Å². The lowest BCUT2D eigenvalue weighted by Gasteiger charge is -2.26. The molecule has 5 rings (SSSR count). The lowest BCUT2D eigenvalue weighted by Crippen LogP contribution is -2.35. The third kappa shape index (κ3) is 4.11. The van der Waals surface area contributed by atoms with Crippen LogP contribution in [-0.4, -0.2) is 58.3 Å². The Morgan fingerprint density at radius 3 is 2.47 bits per heavy atom. The van der Waals surface area contributed by atoms with Gasteiger partial charge in [-0.15, -0.1) is 5.10 Å². The molecule has 2 aliphatic rings. The Morgan fingerprint density at radius 2 is 1.75 bits per heavy atom. The molecule has 0 bridgehead atoms. The number of oxime groups is 1. The highest BCUT2D eigenvalue weighted by Crippen LogP contribution is 2.24. The first-order valence-electron chi connectivity index (χ1n) is 10.3. The van der Waals surface area contributed by atoms with Crippen LogP contribution >= 0.6 is 0 Å². The minimum Gasteiger partial charge on any atom is -0.395 e. The summed E-state index contributed by atoms with van der Waals surface area (Å²) in [5.74, 6) is -3.49. The van der Waals surface area contributed by atoms with Crippen LogP contribution in [0.5, 0.6) is 0 Å². The van der Waals surface area contributed by atoms with Crippen molar-refractivity contribution in [2.75, 3.05) is 32.9 Å². The van der Waals surface area contributed by atoms with Crippen molar-refractivity contribution in [3.8, 4) is 17.1 Å². The van der Waals surface area contributed by atoms with Gasteiger partial charge in [0.1, 0.15) is 12.3 Å². The number of hydrogen-bond donors (Lipinski definition) is 0. The van der Waals surface area contributed by atoms with Crippen LogP contribution in [0.15, 0.2) is 41.6 Å². The predicted molar refractivity (Wildman–Crippen MR) is 110 cm³/mol. The summed E-state index contributed by atoms with van der Waals surface area (Å²) in [6.07, 6.45) is 0.474. The predicted octanol–water partition coefficient (Wildman–Crippen LogP) is 3.31. The van der Waals surface area contributed by atoms with Gasteiger partial charge in [-0.3, -0.25) is 4.90 Å². The van der Waals surface area contributed by atoms with E-state index in [-0.39, 0.29) is 5.69 Å². The number of hydrogen-bond acceptors (Lipinski definition) is 6. The maximum absolute atomic E-state index is 13.9. The summed E-state index contributed by atoms with van der Waals surface area (Å²) in [4.78, 5) is 11.9. The molecule has 0 saturated carbocycles. The molecule has 2 aliphatic heterocycles. The zero-order valence-corrected chi connectivity index (χ0v) is 17.1. The van der Waals surface area contributed by atoms with E-state index >= 15 is 0 Å². The first-order chi connectivity index (χ1) is 15.6. The minimum atomic E-state index is -1.53. The van der Waals surface area contributed by atoms with Gasteiger partial charge in [0.25, 0.3) is 0 Å². The molecule has 2 aromatic carbocycles. The lowest BCUT2D eigenvalue weighted by molar-refractivity contribution is 0.0342. The summed E-state index contributed by atoms with van der Waals surface area (Å²) in [6.45, 7) is 4.29. The Hall–Kier alpha value is -3.24. The van der Waals surface area contributed by atoms with Gasteiger partial charge in [-0.1, -0.05) is 23.4 Å². The molecule has 0 unspecified atom stereocenters. The van der Waals surface area contributed by atoms with E-state index in [0.29, 0.717) is 43.6 Å². The fourth-order valence-electron chi connectivity index (χ4n) is 3.76. The van der Waals surface area contributed by atoms with Gasteiger partial charge in [0, 0.05) is 43.8 Å². The van der Waals surface area contributed by atoms with Crippen molar-refractivity contribution in [3.63, 3.8) is 0 Å². The zero-order chi connectivity index (χ0) is 22.1. The number of halogens is 3. The molecule has 0 atom stereocenters. The fourth-order valence-corrected chi connectivity index (χ4v) is 3.76. The van der Waals surface area contributed by atoms with Crippen molar-refractivity contribution in [1.29, 1.82) is 0 Å². The second-order valence-electron chi connectivity index (χ2n) is 7.60. The molecule has 0 radical (unpaired) electrons. The van der Waals surface area contributed by atoms with Crippen LogP contribution in [-0.2, 0) is 16.1 Å². The molecule has 1 aromatic heterocycles. The second-order valence-corrected chi connectivity index (χ2v) is 7.60. The first-order valence-corrected chi connectivity index (χ1v) is 10.3. The van der Waals surface area contributed by atoms with Crippen LogP contribution in [0.2, 0.25) is 0 Å². The summed E-state index contributed by atoms with van der Waals surface area (Å²) >= 11 is 0. The smallest absolute Gasteiger partial charge is 0.194 e. The first kappa shape index (κ1) is 20.7. The molecule has 0 aliphatic carbocycles. The second kappa shape index (κ2) is 8.71. The van der Waals surface area contributed by atoms with E-state index in [1.165, 1.54) is 4.68 Å². The highest BCUT2D eigenvalue weighted by Gasteiger charge is 2.23. The number of nitrogens with zero attached hydrogens (tertiary/aromatic N) is 5. The molecule has 3 aromatic rings. The number of benzene rings is 2. The quantitative estimate of drug-likeness (QED) is 0.567. The Bertz CT molecular complexity index is 1150. The van der Waals surface area contributed by atoms with Gasteiger partial charge >= 0.3 is 0 Å². The third-order valence-electron chi connectivity index (χ3n) is 5.38. The lowest BCUT2D eigenvalue weighted by atomic mass is 10.1. The van der Waals surface area contributed by atoms with Crippen molar-refractivity contribution in [2.24, 2.45) is 5.16 Å². The Morgan fingerprint density at radius 1 is 0.969 bits per heavy atom. The molecule has 1 saturated heterocycles. The monoisotopic (exact) mass is 443 g/mol. The van der Waals surface area contributed by atoms with Gasteiger partial charge in [-0.25, -0.2) is 22.8 Å². The largest absolute Gasteiger partial charge is 0.395 e. The van der Waals surface area contributed by atoms with E-state index in [9.17, 15) is 13.2 Å². The molecular formula is C22H20F3N5O2. The van der Waals surface area contributed by atoms with Crippen LogP contribution < -0.4 is 0 Å². The van der Waals surface area contributed by atoms with E-state index in [1.807, 2.05) is 24.3 Å². The van der Waals surface area contributed by atoms with E-state index in [4.69, 9.17) is 9.57 Å². The molecule has 3 heterocycles. The third-order valence-corrected chi connectivity index (χ3v) is 5.38. The van der Waals surface area contributed by atoms with Crippen molar-refractivity contribution in [1.82, 2.24) is 19.7 Å². The van der Waals surface area contributed by atoms with Crippen LogP contribution in [0.4, 0.5) is 13.2 Å². The van der Waals surface area contributed by atoms with Crippen molar-refractivity contribution in [2.45, 2.75) is 13.0 Å². The SMILES string of the molecule is Fc1cc(-n2nc(-c3cccc(CN4CCOCC4)c3)nc2C2=NOCC2)cc(F)c1F. The average Bonchev–Trinajstić information content (AvgIpc) is 3.48. The zero-order valence-electron chi connectivity index (χ0n) is 17.1. The summed E-state index contributed by atoms with van der Waals surface area (Å²) in [6, 6.07) is 9.55. The highest BCUT2D eigenvalue weighted by atomic mass is 19.2. The summed E-state index contributed by atoms with van der Waals surface area (Å²) in [7, 11) is 0. The van der Waals surface area contributed by atoms with E-state index in [2.05, 4.69) is 20.1 Å². The Balaban J connectivity index is 1.53. The van der Waals surface area contributed by atoms with Gasteiger partial charge < -0.3 is 9.57 Å². The number of aromatic nitrogens is 3. The molecule has 1 fully saturated rings. The Kier molecular flexibility index (Phi) is 5.62. The minimum absolute atomic E-state index is 0.00854. The van der Waals surface area contributed by atoms with Crippen LogP contribution in [0.3, 0.4) is 0 Å². The van der Waals surface area contributed by atoms with Gasteiger partial charge in [-0.2, -0.15) is 0 Å². The van der Waals surface area contributed by atoms with Gasteiger partial charge in [0.2, 0.25) is 0 Å². The summed E-state index contributed by atoms with van der Waals surface area (Å²) in [5, 5.41) is 8.44. The summed E-state index contributed by atoms with van der Waals surface area (Å²) < 4.78 is 47.9. The van der Waals surface area contributed by atoms with Crippen LogP contribution in [0.1, 0.15) is 17.8 Å². The molecule has 0 spiro atoms. The van der Waals surface area contributed by atoms with E-state index in [1.54, 1.807) is 0 Å². The molecule has 7 nitrogen and oxygen atoms in total. The topological polar surface area (TPSA) is 64.8 Å². The van der Waals surface area contributed by atoms with Crippen LogP contribution in [0, 0.1) is 17.5 Å². The van der Waals surface area contributed by atoms with E-state index < -0.39 is 17.5 Å². The van der Waals surface area contributed by atoms with Gasteiger partial charge in [-0.05, 0) is 11.6 Å². The maximum Gasteiger partial charge on any atom is 0.194 e. The molecule has 166 valence electrons. The molecule has 10 heteroatoms. The molecule has 0 N–H and O–H groups in total. The van der Waals surface area contributed by atoms with Gasteiger partial charge in [0.15, 0.2) is 29.1 Å².